The van der Waals surface area contributed by atoms with Crippen LogP contribution in [0.4, 0.5) is 5.82 Å². The third-order valence-electron chi connectivity index (χ3n) is 2.71. The van der Waals surface area contributed by atoms with Crippen LogP contribution in [0.1, 0.15) is 26.0 Å². The van der Waals surface area contributed by atoms with Crippen LogP contribution in [-0.2, 0) is 11.2 Å². The number of anilines is 1. The molecule has 0 amide bonds. The lowest BCUT2D eigenvalue weighted by atomic mass is 10.2. The van der Waals surface area contributed by atoms with E-state index in [-0.39, 0.29) is 6.42 Å². The van der Waals surface area contributed by atoms with Gasteiger partial charge in [0.05, 0.1) is 18.3 Å². The number of imidazole rings is 1. The summed E-state index contributed by atoms with van der Waals surface area (Å²) in [7, 11) is 0. The van der Waals surface area contributed by atoms with Gasteiger partial charge < -0.3 is 10.4 Å². The van der Waals surface area contributed by atoms with E-state index in [0.29, 0.717) is 17.4 Å². The zero-order valence-electron chi connectivity index (χ0n) is 10.4. The zero-order valence-corrected chi connectivity index (χ0v) is 10.4. The first-order chi connectivity index (χ1) is 8.58. The Hall–Kier alpha value is -2.11. The van der Waals surface area contributed by atoms with Gasteiger partial charge in [0.25, 0.3) is 0 Å². The van der Waals surface area contributed by atoms with Crippen molar-refractivity contribution in [1.82, 2.24) is 14.6 Å². The molecule has 0 aliphatic heterocycles. The summed E-state index contributed by atoms with van der Waals surface area (Å²) >= 11 is 0. The molecule has 0 aliphatic rings. The number of nitrogens with zero attached hydrogens (tertiary/aromatic N) is 3. The van der Waals surface area contributed by atoms with Crippen LogP contribution < -0.4 is 5.32 Å². The van der Waals surface area contributed by atoms with Crippen molar-refractivity contribution in [3.05, 3.63) is 24.0 Å². The maximum atomic E-state index is 10.6. The molecule has 1 unspecified atom stereocenters. The van der Waals surface area contributed by atoms with Crippen molar-refractivity contribution in [2.75, 3.05) is 5.32 Å². The quantitative estimate of drug-likeness (QED) is 0.839. The highest BCUT2D eigenvalue weighted by atomic mass is 16.4. The molecule has 2 N–H and O–H groups in total. The van der Waals surface area contributed by atoms with Crippen molar-refractivity contribution < 1.29 is 9.90 Å². The lowest BCUT2D eigenvalue weighted by Crippen LogP contribution is -2.15. The molecular formula is C12H16N4O2. The standard InChI is InChI=1S/C12H16N4O2/c1-3-8(2)13-10-4-5-11-14-9(6-12(17)18)7-16(11)15-10/h4-5,7-8H,3,6H2,1-2H3,(H,13,15)(H,17,18). The van der Waals surface area contributed by atoms with Gasteiger partial charge in [-0.3, -0.25) is 4.79 Å². The lowest BCUT2D eigenvalue weighted by Gasteiger charge is -2.11. The molecule has 0 spiro atoms. The molecule has 0 bridgehead atoms. The Morgan fingerprint density at radius 1 is 1.56 bits per heavy atom. The summed E-state index contributed by atoms with van der Waals surface area (Å²) in [5.41, 5.74) is 1.16. The van der Waals surface area contributed by atoms with Crippen molar-refractivity contribution in [1.29, 1.82) is 0 Å². The topological polar surface area (TPSA) is 79.5 Å². The molecule has 2 rings (SSSR count). The summed E-state index contributed by atoms with van der Waals surface area (Å²) in [6, 6.07) is 4.01. The van der Waals surface area contributed by atoms with E-state index in [4.69, 9.17) is 5.11 Å². The fourth-order valence-electron chi connectivity index (χ4n) is 1.60. The first-order valence-electron chi connectivity index (χ1n) is 5.92. The molecule has 0 aromatic carbocycles. The molecule has 0 fully saturated rings. The normalized spacial score (nSPS) is 12.6. The Morgan fingerprint density at radius 3 is 3.00 bits per heavy atom. The molecular weight excluding hydrogens is 232 g/mol. The van der Waals surface area contributed by atoms with E-state index in [0.717, 1.165) is 12.2 Å². The van der Waals surface area contributed by atoms with Crippen molar-refractivity contribution in [3.63, 3.8) is 0 Å². The molecule has 2 aromatic heterocycles. The molecule has 0 aliphatic carbocycles. The van der Waals surface area contributed by atoms with Gasteiger partial charge >= 0.3 is 5.97 Å². The number of hydrogen-bond acceptors (Lipinski definition) is 4. The van der Waals surface area contributed by atoms with Crippen molar-refractivity contribution in [2.45, 2.75) is 32.7 Å². The van der Waals surface area contributed by atoms with Crippen molar-refractivity contribution >= 4 is 17.4 Å². The van der Waals surface area contributed by atoms with Gasteiger partial charge in [0.15, 0.2) is 5.65 Å². The summed E-state index contributed by atoms with van der Waals surface area (Å²) in [5, 5.41) is 16.3. The number of carbonyl (C=O) groups is 1. The first kappa shape index (κ1) is 12.3. The Balaban J connectivity index is 2.25. The van der Waals surface area contributed by atoms with E-state index in [1.807, 2.05) is 12.1 Å². The number of rotatable bonds is 5. The fraction of sp³-hybridized carbons (Fsp3) is 0.417. The molecule has 0 saturated carbocycles. The molecule has 0 radical (unpaired) electrons. The number of hydrogen-bond donors (Lipinski definition) is 2. The minimum atomic E-state index is -0.892. The van der Waals surface area contributed by atoms with Crippen molar-refractivity contribution in [3.8, 4) is 0 Å². The maximum Gasteiger partial charge on any atom is 0.309 e. The van der Waals surface area contributed by atoms with Gasteiger partial charge in [-0.1, -0.05) is 6.92 Å². The first-order valence-corrected chi connectivity index (χ1v) is 5.92. The number of aromatic nitrogens is 3. The summed E-state index contributed by atoms with van der Waals surface area (Å²) < 4.78 is 1.60. The summed E-state index contributed by atoms with van der Waals surface area (Å²) in [5.74, 6) is -0.132. The van der Waals surface area contributed by atoms with E-state index in [2.05, 4.69) is 29.2 Å². The molecule has 2 heterocycles. The maximum absolute atomic E-state index is 10.6. The van der Waals surface area contributed by atoms with Crippen LogP contribution in [0.5, 0.6) is 0 Å². The minimum Gasteiger partial charge on any atom is -0.481 e. The van der Waals surface area contributed by atoms with E-state index in [1.165, 1.54) is 0 Å². The molecule has 6 nitrogen and oxygen atoms in total. The second kappa shape index (κ2) is 5.03. The Morgan fingerprint density at radius 2 is 2.33 bits per heavy atom. The Bertz CT molecular complexity index is 564. The summed E-state index contributed by atoms with van der Waals surface area (Å²) in [4.78, 5) is 14.8. The van der Waals surface area contributed by atoms with Crippen LogP contribution in [0.15, 0.2) is 18.3 Å². The predicted molar refractivity (Wildman–Crippen MR) is 67.7 cm³/mol. The highest BCUT2D eigenvalue weighted by molar-refractivity contribution is 5.69. The number of carboxylic acid groups (broad SMARTS) is 1. The van der Waals surface area contributed by atoms with Gasteiger partial charge in [-0.05, 0) is 25.5 Å². The number of carboxylic acids is 1. The number of fused-ring (bicyclic) bond motifs is 1. The monoisotopic (exact) mass is 248 g/mol. The van der Waals surface area contributed by atoms with Crippen LogP contribution >= 0.6 is 0 Å². The predicted octanol–water partition coefficient (Wildman–Crippen LogP) is 1.57. The van der Waals surface area contributed by atoms with E-state index < -0.39 is 5.97 Å². The third kappa shape index (κ3) is 2.77. The van der Waals surface area contributed by atoms with Crippen LogP contribution in [0.2, 0.25) is 0 Å². The van der Waals surface area contributed by atoms with Crippen LogP contribution in [0, 0.1) is 0 Å². The second-order valence-electron chi connectivity index (χ2n) is 4.28. The highest BCUT2D eigenvalue weighted by Crippen LogP contribution is 2.10. The molecule has 1 atom stereocenters. The summed E-state index contributed by atoms with van der Waals surface area (Å²) in [6.07, 6.45) is 2.57. The van der Waals surface area contributed by atoms with Crippen LogP contribution in [0.25, 0.3) is 5.65 Å². The SMILES string of the molecule is CCC(C)Nc1ccc2nc(CC(=O)O)cn2n1. The van der Waals surface area contributed by atoms with Gasteiger partial charge in [-0.25, -0.2) is 9.50 Å². The second-order valence-corrected chi connectivity index (χ2v) is 4.28. The van der Waals surface area contributed by atoms with E-state index >= 15 is 0 Å². The fourth-order valence-corrected chi connectivity index (χ4v) is 1.60. The van der Waals surface area contributed by atoms with Crippen LogP contribution in [0.3, 0.4) is 0 Å². The largest absolute Gasteiger partial charge is 0.481 e. The zero-order chi connectivity index (χ0) is 13.1. The van der Waals surface area contributed by atoms with E-state index in [1.54, 1.807) is 10.7 Å². The Labute approximate surface area is 105 Å². The molecule has 18 heavy (non-hydrogen) atoms. The molecule has 2 aromatic rings. The average Bonchev–Trinajstić information content (AvgIpc) is 2.69. The molecule has 6 heteroatoms. The summed E-state index contributed by atoms with van der Waals surface area (Å²) in [6.45, 7) is 4.17. The lowest BCUT2D eigenvalue weighted by molar-refractivity contribution is -0.136. The smallest absolute Gasteiger partial charge is 0.309 e. The van der Waals surface area contributed by atoms with E-state index in [9.17, 15) is 4.79 Å². The average molecular weight is 248 g/mol. The van der Waals surface area contributed by atoms with Gasteiger partial charge in [0, 0.05) is 6.04 Å². The van der Waals surface area contributed by atoms with Crippen molar-refractivity contribution in [2.24, 2.45) is 0 Å². The van der Waals surface area contributed by atoms with Gasteiger partial charge in [-0.2, -0.15) is 0 Å². The van der Waals surface area contributed by atoms with Gasteiger partial charge in [-0.15, -0.1) is 5.10 Å². The van der Waals surface area contributed by atoms with Crippen LogP contribution in [-0.4, -0.2) is 31.7 Å². The molecule has 96 valence electrons. The number of aliphatic carboxylic acids is 1. The van der Waals surface area contributed by atoms with Gasteiger partial charge in [0.2, 0.25) is 0 Å². The minimum absolute atomic E-state index is 0.0858. The molecule has 0 saturated heterocycles. The van der Waals surface area contributed by atoms with Gasteiger partial charge in [0.1, 0.15) is 5.82 Å². The highest BCUT2D eigenvalue weighted by Gasteiger charge is 2.07. The third-order valence-corrected chi connectivity index (χ3v) is 2.71. The number of nitrogens with one attached hydrogen (secondary N) is 1. The Kier molecular flexibility index (Phi) is 3.45.